The largest absolute Gasteiger partial charge is 0.383 e. The maximum absolute atomic E-state index is 5.55. The average molecular weight is 266 g/mol. The van der Waals surface area contributed by atoms with Gasteiger partial charge in [-0.1, -0.05) is 24.3 Å². The molecule has 0 saturated heterocycles. The molecule has 19 heavy (non-hydrogen) atoms. The van der Waals surface area contributed by atoms with Crippen LogP contribution in [0.15, 0.2) is 24.3 Å². The van der Waals surface area contributed by atoms with Crippen molar-refractivity contribution in [3.05, 3.63) is 35.4 Å². The first-order chi connectivity index (χ1) is 9.30. The highest BCUT2D eigenvalue weighted by molar-refractivity contribution is 5.22. The number of nitrogens with two attached hydrogens (primary N) is 1. The van der Waals surface area contributed by atoms with Gasteiger partial charge < -0.3 is 15.2 Å². The highest BCUT2D eigenvalue weighted by atomic mass is 16.5. The van der Waals surface area contributed by atoms with E-state index in [1.165, 1.54) is 11.1 Å². The maximum Gasteiger partial charge on any atom is 0.0589 e. The molecule has 108 valence electrons. The van der Waals surface area contributed by atoms with E-state index < -0.39 is 0 Å². The van der Waals surface area contributed by atoms with E-state index in [1.54, 1.807) is 14.2 Å². The van der Waals surface area contributed by atoms with Crippen LogP contribution in [0.5, 0.6) is 0 Å². The van der Waals surface area contributed by atoms with Crippen LogP contribution in [0.2, 0.25) is 0 Å². The van der Waals surface area contributed by atoms with E-state index >= 15 is 0 Å². The number of hydrogen-bond donors (Lipinski definition) is 1. The van der Waals surface area contributed by atoms with E-state index in [2.05, 4.69) is 29.2 Å². The predicted molar refractivity (Wildman–Crippen MR) is 78.2 cm³/mol. The van der Waals surface area contributed by atoms with E-state index in [-0.39, 0.29) is 0 Å². The Balaban J connectivity index is 2.51. The van der Waals surface area contributed by atoms with Crippen molar-refractivity contribution in [2.24, 2.45) is 5.73 Å². The van der Waals surface area contributed by atoms with Crippen LogP contribution in [0.25, 0.3) is 0 Å². The van der Waals surface area contributed by atoms with Crippen LogP contribution < -0.4 is 5.73 Å². The molecule has 0 unspecified atom stereocenters. The Hall–Kier alpha value is -0.940. The van der Waals surface area contributed by atoms with Gasteiger partial charge in [-0.15, -0.1) is 0 Å². The molecule has 0 bridgehead atoms. The monoisotopic (exact) mass is 266 g/mol. The molecule has 1 rings (SSSR count). The van der Waals surface area contributed by atoms with E-state index in [4.69, 9.17) is 15.2 Å². The molecule has 2 N–H and O–H groups in total. The molecule has 0 heterocycles. The SMILES string of the molecule is COCCN(CCOC)Cc1ccc(CCN)cc1. The number of hydrogen-bond acceptors (Lipinski definition) is 4. The topological polar surface area (TPSA) is 47.7 Å². The van der Waals surface area contributed by atoms with Crippen molar-refractivity contribution in [2.75, 3.05) is 47.1 Å². The second-order valence-electron chi connectivity index (χ2n) is 4.62. The van der Waals surface area contributed by atoms with Gasteiger partial charge in [0.25, 0.3) is 0 Å². The Bertz CT molecular complexity index is 319. The summed E-state index contributed by atoms with van der Waals surface area (Å²) in [6.45, 7) is 4.96. The number of ether oxygens (including phenoxy) is 2. The molecular formula is C15H26N2O2. The molecule has 0 aliphatic heterocycles. The van der Waals surface area contributed by atoms with E-state index in [0.29, 0.717) is 6.54 Å². The van der Waals surface area contributed by atoms with Crippen LogP contribution in [-0.4, -0.2) is 52.0 Å². The zero-order valence-corrected chi connectivity index (χ0v) is 12.1. The third-order valence-electron chi connectivity index (χ3n) is 3.09. The van der Waals surface area contributed by atoms with Crippen LogP contribution >= 0.6 is 0 Å². The maximum atomic E-state index is 5.55. The molecule has 0 radical (unpaired) electrons. The lowest BCUT2D eigenvalue weighted by Crippen LogP contribution is -2.30. The molecule has 0 aliphatic rings. The quantitative estimate of drug-likeness (QED) is 0.693. The summed E-state index contributed by atoms with van der Waals surface area (Å²) < 4.78 is 10.3. The van der Waals surface area contributed by atoms with Crippen LogP contribution in [0.1, 0.15) is 11.1 Å². The summed E-state index contributed by atoms with van der Waals surface area (Å²) in [5, 5.41) is 0. The zero-order valence-electron chi connectivity index (χ0n) is 12.1. The third kappa shape index (κ3) is 6.68. The van der Waals surface area contributed by atoms with Crippen molar-refractivity contribution in [1.29, 1.82) is 0 Å². The predicted octanol–water partition coefficient (Wildman–Crippen LogP) is 1.28. The average Bonchev–Trinajstić information content (AvgIpc) is 2.44. The minimum atomic E-state index is 0.702. The molecule has 0 aliphatic carbocycles. The smallest absolute Gasteiger partial charge is 0.0589 e. The first kappa shape index (κ1) is 16.1. The van der Waals surface area contributed by atoms with E-state index in [9.17, 15) is 0 Å². The first-order valence-electron chi connectivity index (χ1n) is 6.78. The third-order valence-corrected chi connectivity index (χ3v) is 3.09. The zero-order chi connectivity index (χ0) is 13.9. The van der Waals surface area contributed by atoms with Crippen molar-refractivity contribution in [1.82, 2.24) is 4.90 Å². The molecule has 0 saturated carbocycles. The molecule has 0 fully saturated rings. The lowest BCUT2D eigenvalue weighted by molar-refractivity contribution is 0.110. The minimum Gasteiger partial charge on any atom is -0.383 e. The van der Waals surface area contributed by atoms with Gasteiger partial charge in [0.1, 0.15) is 0 Å². The van der Waals surface area contributed by atoms with E-state index in [1.807, 2.05) is 0 Å². The fraction of sp³-hybridized carbons (Fsp3) is 0.600. The van der Waals surface area contributed by atoms with Crippen molar-refractivity contribution >= 4 is 0 Å². The summed E-state index contributed by atoms with van der Waals surface area (Å²) in [4.78, 5) is 2.34. The molecule has 0 atom stereocenters. The van der Waals surface area contributed by atoms with Crippen molar-refractivity contribution in [3.8, 4) is 0 Å². The lowest BCUT2D eigenvalue weighted by atomic mass is 10.1. The molecule has 4 nitrogen and oxygen atoms in total. The Labute approximate surface area is 116 Å². The number of nitrogens with zero attached hydrogens (tertiary/aromatic N) is 1. The van der Waals surface area contributed by atoms with Crippen LogP contribution in [-0.2, 0) is 22.4 Å². The Kier molecular flexibility index (Phi) is 8.41. The molecule has 0 spiro atoms. The van der Waals surface area contributed by atoms with Crippen molar-refractivity contribution in [2.45, 2.75) is 13.0 Å². The second kappa shape index (κ2) is 9.92. The van der Waals surface area contributed by atoms with Gasteiger partial charge in [0.05, 0.1) is 13.2 Å². The van der Waals surface area contributed by atoms with Gasteiger partial charge in [0.2, 0.25) is 0 Å². The Morgan fingerprint density at radius 3 is 1.95 bits per heavy atom. The summed E-state index contributed by atoms with van der Waals surface area (Å²) >= 11 is 0. The Morgan fingerprint density at radius 1 is 0.947 bits per heavy atom. The summed E-state index contributed by atoms with van der Waals surface area (Å²) in [6.07, 6.45) is 0.942. The van der Waals surface area contributed by atoms with Crippen LogP contribution in [0, 0.1) is 0 Å². The first-order valence-corrected chi connectivity index (χ1v) is 6.78. The Morgan fingerprint density at radius 2 is 1.47 bits per heavy atom. The standard InChI is InChI=1S/C15H26N2O2/c1-18-11-9-17(10-12-19-2)13-15-5-3-14(4-6-15)7-8-16/h3-6H,7-13,16H2,1-2H3. The molecular weight excluding hydrogens is 240 g/mol. The van der Waals surface area contributed by atoms with Gasteiger partial charge in [-0.25, -0.2) is 0 Å². The normalized spacial score (nSPS) is 11.2. The summed E-state index contributed by atoms with van der Waals surface area (Å²) in [6, 6.07) is 8.68. The molecule has 0 amide bonds. The van der Waals surface area contributed by atoms with Gasteiger partial charge in [0.15, 0.2) is 0 Å². The lowest BCUT2D eigenvalue weighted by Gasteiger charge is -2.21. The summed E-state index contributed by atoms with van der Waals surface area (Å²) in [7, 11) is 3.46. The minimum absolute atomic E-state index is 0.702. The summed E-state index contributed by atoms with van der Waals surface area (Å²) in [5.41, 5.74) is 8.16. The fourth-order valence-corrected chi connectivity index (χ4v) is 1.95. The van der Waals surface area contributed by atoms with Crippen LogP contribution in [0.4, 0.5) is 0 Å². The number of benzene rings is 1. The second-order valence-corrected chi connectivity index (χ2v) is 4.62. The van der Waals surface area contributed by atoms with Gasteiger partial charge in [-0.05, 0) is 24.1 Å². The van der Waals surface area contributed by atoms with Gasteiger partial charge >= 0.3 is 0 Å². The highest BCUT2D eigenvalue weighted by Crippen LogP contribution is 2.08. The number of rotatable bonds is 10. The van der Waals surface area contributed by atoms with Crippen molar-refractivity contribution in [3.63, 3.8) is 0 Å². The fourth-order valence-electron chi connectivity index (χ4n) is 1.95. The van der Waals surface area contributed by atoms with Gasteiger partial charge in [-0.2, -0.15) is 0 Å². The van der Waals surface area contributed by atoms with Crippen LogP contribution in [0.3, 0.4) is 0 Å². The molecule has 1 aromatic carbocycles. The van der Waals surface area contributed by atoms with E-state index in [0.717, 1.165) is 39.3 Å². The van der Waals surface area contributed by atoms with Crippen molar-refractivity contribution < 1.29 is 9.47 Å². The molecule has 4 heteroatoms. The van der Waals surface area contributed by atoms with Gasteiger partial charge in [0, 0.05) is 33.9 Å². The highest BCUT2D eigenvalue weighted by Gasteiger charge is 2.05. The molecule has 0 aromatic heterocycles. The number of methoxy groups -OCH3 is 2. The molecule has 1 aromatic rings. The van der Waals surface area contributed by atoms with Gasteiger partial charge in [-0.3, -0.25) is 4.90 Å². The summed E-state index contributed by atoms with van der Waals surface area (Å²) in [5.74, 6) is 0.